The molecule has 2 amide bonds. The van der Waals surface area contributed by atoms with Crippen LogP contribution in [0.2, 0.25) is 5.02 Å². The SMILES string of the molecule is CN(C)C1=NC(=O)[C@@H](CC(=O)Nc2ccc(Cl)cc2C(=O)c2ccccc2)S1. The Kier molecular flexibility index (Phi) is 6.16. The minimum absolute atomic E-state index is 0.0358. The Morgan fingerprint density at radius 3 is 2.54 bits per heavy atom. The molecule has 0 aromatic heterocycles. The number of hydrogen-bond acceptors (Lipinski definition) is 5. The third-order valence-corrected chi connectivity index (χ3v) is 5.57. The molecule has 0 radical (unpaired) electrons. The molecule has 0 fully saturated rings. The van der Waals surface area contributed by atoms with Crippen LogP contribution in [0, 0.1) is 0 Å². The van der Waals surface area contributed by atoms with Gasteiger partial charge in [-0.15, -0.1) is 0 Å². The maximum atomic E-state index is 12.8. The van der Waals surface area contributed by atoms with Crippen molar-refractivity contribution in [2.75, 3.05) is 19.4 Å². The zero-order chi connectivity index (χ0) is 20.3. The summed E-state index contributed by atoms with van der Waals surface area (Å²) in [6.07, 6.45) is -0.0358. The van der Waals surface area contributed by atoms with Gasteiger partial charge in [-0.05, 0) is 18.2 Å². The van der Waals surface area contributed by atoms with Crippen LogP contribution in [0.15, 0.2) is 53.5 Å². The lowest BCUT2D eigenvalue weighted by Gasteiger charge is -2.13. The van der Waals surface area contributed by atoms with Crippen molar-refractivity contribution >= 4 is 51.8 Å². The largest absolute Gasteiger partial charge is 0.357 e. The van der Waals surface area contributed by atoms with Gasteiger partial charge in [-0.1, -0.05) is 53.7 Å². The average molecular weight is 416 g/mol. The minimum Gasteiger partial charge on any atom is -0.357 e. The van der Waals surface area contributed by atoms with Crippen molar-refractivity contribution in [1.29, 1.82) is 0 Å². The number of ketones is 1. The van der Waals surface area contributed by atoms with Crippen molar-refractivity contribution in [3.05, 3.63) is 64.7 Å². The number of carbonyl (C=O) groups is 3. The molecule has 8 heteroatoms. The molecule has 0 saturated heterocycles. The van der Waals surface area contributed by atoms with Crippen molar-refractivity contribution in [2.45, 2.75) is 11.7 Å². The number of amides is 2. The van der Waals surface area contributed by atoms with Crippen LogP contribution in [-0.4, -0.2) is 47.0 Å². The molecule has 0 unspecified atom stereocenters. The van der Waals surface area contributed by atoms with E-state index in [1.54, 1.807) is 55.4 Å². The van der Waals surface area contributed by atoms with Crippen LogP contribution >= 0.6 is 23.4 Å². The number of halogens is 1. The molecule has 1 aliphatic rings. The zero-order valence-electron chi connectivity index (χ0n) is 15.3. The number of carbonyl (C=O) groups excluding carboxylic acids is 3. The van der Waals surface area contributed by atoms with E-state index in [2.05, 4.69) is 10.3 Å². The number of nitrogens with zero attached hydrogens (tertiary/aromatic N) is 2. The summed E-state index contributed by atoms with van der Waals surface area (Å²) in [5, 5.41) is 3.13. The summed E-state index contributed by atoms with van der Waals surface area (Å²) in [7, 11) is 3.58. The van der Waals surface area contributed by atoms with Crippen molar-refractivity contribution < 1.29 is 14.4 Å². The molecule has 0 spiro atoms. The minimum atomic E-state index is -0.571. The zero-order valence-corrected chi connectivity index (χ0v) is 16.9. The number of rotatable bonds is 5. The highest BCUT2D eigenvalue weighted by molar-refractivity contribution is 8.15. The van der Waals surface area contributed by atoms with Crippen LogP contribution in [0.5, 0.6) is 0 Å². The van der Waals surface area contributed by atoms with Crippen LogP contribution in [0.1, 0.15) is 22.3 Å². The number of aliphatic imine (C=N–C) groups is 1. The molecule has 0 saturated carbocycles. The lowest BCUT2D eigenvalue weighted by molar-refractivity contribution is -0.121. The van der Waals surface area contributed by atoms with Gasteiger partial charge >= 0.3 is 0 Å². The fourth-order valence-corrected chi connectivity index (χ4v) is 3.80. The van der Waals surface area contributed by atoms with E-state index in [0.717, 1.165) is 0 Å². The molecule has 1 aliphatic heterocycles. The van der Waals surface area contributed by atoms with Crippen molar-refractivity contribution in [1.82, 2.24) is 4.90 Å². The highest BCUT2D eigenvalue weighted by Crippen LogP contribution is 2.28. The molecule has 1 heterocycles. The van der Waals surface area contributed by atoms with Crippen LogP contribution in [0.3, 0.4) is 0 Å². The maximum absolute atomic E-state index is 12.8. The molecule has 144 valence electrons. The Morgan fingerprint density at radius 2 is 1.89 bits per heavy atom. The first kappa shape index (κ1) is 20.1. The van der Waals surface area contributed by atoms with Crippen LogP contribution in [-0.2, 0) is 9.59 Å². The Balaban J connectivity index is 1.75. The molecular formula is C20H18ClN3O3S. The standard InChI is InChI=1S/C20H18ClN3O3S/c1-24(2)20-23-19(27)16(28-20)11-17(25)22-15-9-8-13(21)10-14(15)18(26)12-6-4-3-5-7-12/h3-10,16H,11H2,1-2H3,(H,22,25)/t16-/m1/s1. The quantitative estimate of drug-likeness (QED) is 0.756. The second-order valence-corrected chi connectivity index (χ2v) is 7.98. The van der Waals surface area contributed by atoms with Crippen molar-refractivity contribution in [3.8, 4) is 0 Å². The van der Waals surface area contributed by atoms with Crippen molar-refractivity contribution in [2.24, 2.45) is 4.99 Å². The second kappa shape index (κ2) is 8.58. The number of thioether (sulfide) groups is 1. The summed E-state index contributed by atoms with van der Waals surface area (Å²) in [5.41, 5.74) is 1.14. The van der Waals surface area contributed by atoms with Gasteiger partial charge in [0.05, 0.1) is 5.69 Å². The van der Waals surface area contributed by atoms with E-state index in [1.165, 1.54) is 17.8 Å². The smallest absolute Gasteiger partial charge is 0.262 e. The molecule has 6 nitrogen and oxygen atoms in total. The highest BCUT2D eigenvalue weighted by atomic mass is 35.5. The van der Waals surface area contributed by atoms with Gasteiger partial charge in [0.15, 0.2) is 11.0 Å². The number of benzene rings is 2. The molecule has 2 aromatic rings. The maximum Gasteiger partial charge on any atom is 0.262 e. The second-order valence-electron chi connectivity index (χ2n) is 6.37. The number of amidine groups is 1. The first-order valence-electron chi connectivity index (χ1n) is 8.51. The molecule has 0 aliphatic carbocycles. The fourth-order valence-electron chi connectivity index (χ4n) is 2.63. The molecule has 3 rings (SSSR count). The summed E-state index contributed by atoms with van der Waals surface area (Å²) in [6, 6.07) is 13.4. The lowest BCUT2D eigenvalue weighted by atomic mass is 10.0. The molecule has 0 bridgehead atoms. The molecule has 1 N–H and O–H groups in total. The van der Waals surface area contributed by atoms with Gasteiger partial charge in [-0.25, -0.2) is 0 Å². The predicted molar refractivity (Wildman–Crippen MR) is 112 cm³/mol. The van der Waals surface area contributed by atoms with Gasteiger partial charge in [0, 0.05) is 36.7 Å². The Hall–Kier alpha value is -2.64. The Bertz CT molecular complexity index is 960. The summed E-state index contributed by atoms with van der Waals surface area (Å²) in [6.45, 7) is 0. The first-order valence-corrected chi connectivity index (χ1v) is 9.76. The molecule has 28 heavy (non-hydrogen) atoms. The van der Waals surface area contributed by atoms with Gasteiger partial charge < -0.3 is 10.2 Å². The number of hydrogen-bond donors (Lipinski definition) is 1. The van der Waals surface area contributed by atoms with Gasteiger partial charge in [0.25, 0.3) is 5.91 Å². The highest BCUT2D eigenvalue weighted by Gasteiger charge is 2.31. The van der Waals surface area contributed by atoms with Gasteiger partial charge in [-0.2, -0.15) is 4.99 Å². The van der Waals surface area contributed by atoms with Gasteiger partial charge in [0.1, 0.15) is 5.25 Å². The summed E-state index contributed by atoms with van der Waals surface area (Å²) in [4.78, 5) is 43.0. The van der Waals surface area contributed by atoms with E-state index >= 15 is 0 Å². The molecular weight excluding hydrogens is 398 g/mol. The van der Waals surface area contributed by atoms with Crippen LogP contribution in [0.25, 0.3) is 0 Å². The summed E-state index contributed by atoms with van der Waals surface area (Å²) < 4.78 is 0. The van der Waals surface area contributed by atoms with Crippen LogP contribution in [0.4, 0.5) is 5.69 Å². The monoisotopic (exact) mass is 415 g/mol. The van der Waals surface area contributed by atoms with E-state index in [9.17, 15) is 14.4 Å². The Morgan fingerprint density at radius 1 is 1.18 bits per heavy atom. The van der Waals surface area contributed by atoms with Crippen molar-refractivity contribution in [3.63, 3.8) is 0 Å². The normalized spacial score (nSPS) is 15.9. The average Bonchev–Trinajstić information content (AvgIpc) is 3.04. The van der Waals surface area contributed by atoms with E-state index < -0.39 is 5.25 Å². The molecule has 2 aromatic carbocycles. The fraction of sp³-hybridized carbons (Fsp3) is 0.200. The first-order chi connectivity index (χ1) is 13.3. The number of nitrogens with one attached hydrogen (secondary N) is 1. The van der Waals surface area contributed by atoms with Crippen LogP contribution < -0.4 is 5.32 Å². The third kappa shape index (κ3) is 4.61. The predicted octanol–water partition coefficient (Wildman–Crippen LogP) is 3.46. The van der Waals surface area contributed by atoms with E-state index in [-0.39, 0.29) is 24.0 Å². The topological polar surface area (TPSA) is 78.8 Å². The summed E-state index contributed by atoms with van der Waals surface area (Å²) >= 11 is 7.31. The Labute approximate surface area is 172 Å². The van der Waals surface area contributed by atoms with E-state index in [4.69, 9.17) is 11.6 Å². The van der Waals surface area contributed by atoms with E-state index in [1.807, 2.05) is 6.07 Å². The molecule has 1 atom stereocenters. The number of anilines is 1. The van der Waals surface area contributed by atoms with Gasteiger partial charge in [-0.3, -0.25) is 14.4 Å². The lowest BCUT2D eigenvalue weighted by Crippen LogP contribution is -2.23. The van der Waals surface area contributed by atoms with Gasteiger partial charge in [0.2, 0.25) is 5.91 Å². The summed E-state index contributed by atoms with van der Waals surface area (Å²) in [5.74, 6) is -0.950. The van der Waals surface area contributed by atoms with E-state index in [0.29, 0.717) is 27.0 Å². The third-order valence-electron chi connectivity index (χ3n) is 4.02.